The average Bonchev–Trinajstić information content (AvgIpc) is 2.92. The Morgan fingerprint density at radius 2 is 2.14 bits per heavy atom. The van der Waals surface area contributed by atoms with E-state index in [-0.39, 0.29) is 0 Å². The lowest BCUT2D eigenvalue weighted by Gasteiger charge is -2.21. The molecular formula is C15H19ClN3S2+. The van der Waals surface area contributed by atoms with Crippen molar-refractivity contribution < 1.29 is 4.90 Å². The summed E-state index contributed by atoms with van der Waals surface area (Å²) in [7, 11) is 4.30. The minimum Gasteiger partial charge on any atom is -0.356 e. The second-order valence-electron chi connectivity index (χ2n) is 4.99. The van der Waals surface area contributed by atoms with Gasteiger partial charge in [-0.25, -0.2) is 0 Å². The highest BCUT2D eigenvalue weighted by Gasteiger charge is 2.18. The highest BCUT2D eigenvalue weighted by atomic mass is 35.5. The molecule has 0 bridgehead atoms. The van der Waals surface area contributed by atoms with Crippen LogP contribution in [0.15, 0.2) is 41.8 Å². The van der Waals surface area contributed by atoms with Gasteiger partial charge in [0.1, 0.15) is 6.04 Å². The largest absolute Gasteiger partial charge is 0.356 e. The van der Waals surface area contributed by atoms with E-state index < -0.39 is 0 Å². The van der Waals surface area contributed by atoms with Crippen molar-refractivity contribution in [3.8, 4) is 0 Å². The SMILES string of the molecule is C[NH+](C)[C@H](CNC(=S)Nc1cccc(Cl)c1)c1cccs1. The molecule has 21 heavy (non-hydrogen) atoms. The van der Waals surface area contributed by atoms with Crippen LogP contribution in [0, 0.1) is 0 Å². The van der Waals surface area contributed by atoms with Crippen LogP contribution in [0.1, 0.15) is 10.9 Å². The van der Waals surface area contributed by atoms with Crippen molar-refractivity contribution in [2.75, 3.05) is 26.0 Å². The van der Waals surface area contributed by atoms with Gasteiger partial charge in [0.15, 0.2) is 5.11 Å². The Bertz CT molecular complexity index is 584. The molecule has 0 aliphatic heterocycles. The summed E-state index contributed by atoms with van der Waals surface area (Å²) in [4.78, 5) is 2.73. The molecule has 1 aromatic heterocycles. The van der Waals surface area contributed by atoms with E-state index in [4.69, 9.17) is 23.8 Å². The molecule has 0 aliphatic carbocycles. The van der Waals surface area contributed by atoms with Gasteiger partial charge < -0.3 is 15.5 Å². The first-order valence-corrected chi connectivity index (χ1v) is 8.36. The van der Waals surface area contributed by atoms with Crippen LogP contribution in [0.4, 0.5) is 5.69 Å². The molecule has 0 aliphatic rings. The van der Waals surface area contributed by atoms with E-state index in [1.807, 2.05) is 24.3 Å². The van der Waals surface area contributed by atoms with Crippen molar-refractivity contribution in [1.82, 2.24) is 5.32 Å². The van der Waals surface area contributed by atoms with E-state index in [9.17, 15) is 0 Å². The molecule has 0 spiro atoms. The number of hydrogen-bond donors (Lipinski definition) is 3. The zero-order chi connectivity index (χ0) is 15.2. The number of rotatable bonds is 5. The minimum atomic E-state index is 0.379. The van der Waals surface area contributed by atoms with Gasteiger partial charge in [-0.15, -0.1) is 11.3 Å². The minimum absolute atomic E-state index is 0.379. The van der Waals surface area contributed by atoms with Gasteiger partial charge in [0.05, 0.1) is 25.5 Å². The number of halogens is 1. The summed E-state index contributed by atoms with van der Waals surface area (Å²) < 4.78 is 0. The van der Waals surface area contributed by atoms with Crippen molar-refractivity contribution in [2.45, 2.75) is 6.04 Å². The molecule has 1 atom stereocenters. The molecule has 0 saturated heterocycles. The summed E-state index contributed by atoms with van der Waals surface area (Å²) in [5.41, 5.74) is 0.893. The van der Waals surface area contributed by atoms with Gasteiger partial charge in [-0.1, -0.05) is 23.7 Å². The molecule has 2 rings (SSSR count). The maximum absolute atomic E-state index is 5.96. The predicted octanol–water partition coefficient (Wildman–Crippen LogP) is 2.57. The molecule has 2 aromatic rings. The van der Waals surface area contributed by atoms with Crippen molar-refractivity contribution >= 4 is 46.0 Å². The number of hydrogen-bond acceptors (Lipinski definition) is 2. The maximum atomic E-state index is 5.96. The summed E-state index contributed by atoms with van der Waals surface area (Å²) in [6.45, 7) is 0.787. The summed E-state index contributed by atoms with van der Waals surface area (Å²) in [6.07, 6.45) is 0. The molecular weight excluding hydrogens is 322 g/mol. The number of thiocarbonyl (C=S) groups is 1. The van der Waals surface area contributed by atoms with Crippen LogP contribution in [0.25, 0.3) is 0 Å². The molecule has 0 radical (unpaired) electrons. The number of benzene rings is 1. The normalized spacial score (nSPS) is 12.2. The molecule has 3 nitrogen and oxygen atoms in total. The fourth-order valence-electron chi connectivity index (χ4n) is 2.02. The lowest BCUT2D eigenvalue weighted by atomic mass is 10.2. The van der Waals surface area contributed by atoms with Crippen LogP contribution in [0.3, 0.4) is 0 Å². The Hall–Kier alpha value is -1.14. The van der Waals surface area contributed by atoms with Crippen LogP contribution in [0.5, 0.6) is 0 Å². The summed E-state index contributed by atoms with van der Waals surface area (Å²) in [5, 5.41) is 9.84. The second-order valence-corrected chi connectivity index (χ2v) is 6.81. The Balaban J connectivity index is 1.90. The Morgan fingerprint density at radius 3 is 2.76 bits per heavy atom. The van der Waals surface area contributed by atoms with Gasteiger partial charge in [0, 0.05) is 10.7 Å². The average molecular weight is 341 g/mol. The van der Waals surface area contributed by atoms with Crippen molar-refractivity contribution in [2.24, 2.45) is 0 Å². The standard InChI is InChI=1S/C15H18ClN3S2/c1-19(2)13(14-7-4-8-21-14)10-17-15(20)18-12-6-3-5-11(16)9-12/h3-9,13H,10H2,1-2H3,(H2,17,18,20)/p+1/t13-/m1/s1. The van der Waals surface area contributed by atoms with Crippen molar-refractivity contribution in [3.05, 3.63) is 51.7 Å². The van der Waals surface area contributed by atoms with Gasteiger partial charge in [-0.05, 0) is 41.9 Å². The summed E-state index contributed by atoms with van der Waals surface area (Å²) >= 11 is 13.1. The molecule has 0 amide bonds. The van der Waals surface area contributed by atoms with E-state index in [0.29, 0.717) is 16.2 Å². The zero-order valence-corrected chi connectivity index (χ0v) is 14.4. The fourth-order valence-corrected chi connectivity index (χ4v) is 3.36. The van der Waals surface area contributed by atoms with Gasteiger partial charge in [-0.2, -0.15) is 0 Å². The molecule has 112 valence electrons. The highest BCUT2D eigenvalue weighted by molar-refractivity contribution is 7.80. The summed E-state index contributed by atoms with van der Waals surface area (Å²) in [6, 6.07) is 12.1. The molecule has 0 fully saturated rings. The van der Waals surface area contributed by atoms with Crippen LogP contribution in [0.2, 0.25) is 5.02 Å². The van der Waals surface area contributed by atoms with Gasteiger partial charge in [-0.3, -0.25) is 0 Å². The lowest BCUT2D eigenvalue weighted by Crippen LogP contribution is -3.06. The molecule has 0 unspecified atom stereocenters. The number of nitrogens with one attached hydrogen (secondary N) is 3. The first-order chi connectivity index (χ1) is 10.1. The summed E-state index contributed by atoms with van der Waals surface area (Å²) in [5.74, 6) is 0. The third-order valence-corrected chi connectivity index (χ3v) is 4.60. The monoisotopic (exact) mass is 340 g/mol. The van der Waals surface area contributed by atoms with Crippen LogP contribution >= 0.6 is 35.2 Å². The third kappa shape index (κ3) is 4.97. The van der Waals surface area contributed by atoms with Gasteiger partial charge in [0.25, 0.3) is 0 Å². The maximum Gasteiger partial charge on any atom is 0.171 e. The van der Waals surface area contributed by atoms with E-state index in [0.717, 1.165) is 12.2 Å². The van der Waals surface area contributed by atoms with E-state index in [1.165, 1.54) is 9.78 Å². The van der Waals surface area contributed by atoms with Crippen LogP contribution in [-0.4, -0.2) is 25.8 Å². The first kappa shape index (κ1) is 16.2. The number of likely N-dealkylation sites (N-methyl/N-ethyl adjacent to an activating group) is 1. The van der Waals surface area contributed by atoms with E-state index >= 15 is 0 Å². The van der Waals surface area contributed by atoms with Gasteiger partial charge in [0.2, 0.25) is 0 Å². The van der Waals surface area contributed by atoms with Crippen molar-refractivity contribution in [1.29, 1.82) is 0 Å². The topological polar surface area (TPSA) is 28.5 Å². The lowest BCUT2D eigenvalue weighted by molar-refractivity contribution is -0.890. The molecule has 0 saturated carbocycles. The molecule has 1 heterocycles. The number of anilines is 1. The first-order valence-electron chi connectivity index (χ1n) is 6.70. The predicted molar refractivity (Wildman–Crippen MR) is 95.5 cm³/mol. The van der Waals surface area contributed by atoms with Crippen molar-refractivity contribution in [3.63, 3.8) is 0 Å². The Kier molecular flexibility index (Phi) is 5.99. The molecule has 1 aromatic carbocycles. The van der Waals surface area contributed by atoms with E-state index in [1.54, 1.807) is 11.3 Å². The quantitative estimate of drug-likeness (QED) is 0.731. The smallest absolute Gasteiger partial charge is 0.171 e. The number of quaternary nitrogens is 1. The molecule has 3 N–H and O–H groups in total. The zero-order valence-electron chi connectivity index (χ0n) is 12.0. The van der Waals surface area contributed by atoms with Gasteiger partial charge >= 0.3 is 0 Å². The van der Waals surface area contributed by atoms with Crippen LogP contribution < -0.4 is 15.5 Å². The number of thiophene rings is 1. The Morgan fingerprint density at radius 1 is 1.33 bits per heavy atom. The van der Waals surface area contributed by atoms with E-state index in [2.05, 4.69) is 42.2 Å². The second kappa shape index (κ2) is 7.75. The highest BCUT2D eigenvalue weighted by Crippen LogP contribution is 2.16. The molecule has 6 heteroatoms. The Labute approximate surface area is 139 Å². The van der Waals surface area contributed by atoms with Crippen LogP contribution in [-0.2, 0) is 0 Å². The third-order valence-electron chi connectivity index (χ3n) is 3.13. The fraction of sp³-hybridized carbons (Fsp3) is 0.267.